The summed E-state index contributed by atoms with van der Waals surface area (Å²) >= 11 is 0.608. The van der Waals surface area contributed by atoms with Gasteiger partial charge in [-0.3, -0.25) is 0 Å². The third kappa shape index (κ3) is 2.56. The third-order valence-electron chi connectivity index (χ3n) is 0.918. The van der Waals surface area contributed by atoms with Crippen LogP contribution in [0.1, 0.15) is 0 Å². The number of rotatable bonds is 2. The van der Waals surface area contributed by atoms with Crippen LogP contribution in [0.3, 0.4) is 0 Å². The molecule has 0 saturated carbocycles. The molecule has 0 atom stereocenters. The van der Waals surface area contributed by atoms with Gasteiger partial charge >= 0.3 is 71.3 Å². The molecule has 1 aromatic carbocycles. The zero-order valence-corrected chi connectivity index (χ0v) is 8.58. The van der Waals surface area contributed by atoms with Gasteiger partial charge in [-0.2, -0.15) is 0 Å². The van der Waals surface area contributed by atoms with Gasteiger partial charge in [0.1, 0.15) is 0 Å². The van der Waals surface area contributed by atoms with Crippen molar-refractivity contribution >= 4 is 30.7 Å². The Balaban J connectivity index is 2.52. The van der Waals surface area contributed by atoms with Crippen LogP contribution in [-0.4, -0.2) is 26.3 Å². The molecule has 0 aliphatic carbocycles. The van der Waals surface area contributed by atoms with E-state index in [1.54, 1.807) is 0 Å². The van der Waals surface area contributed by atoms with E-state index >= 15 is 0 Å². The van der Waals surface area contributed by atoms with Gasteiger partial charge in [-0.15, -0.1) is 0 Å². The molecule has 1 rings (SSSR count). The van der Waals surface area contributed by atoms with Gasteiger partial charge in [-0.1, -0.05) is 0 Å². The summed E-state index contributed by atoms with van der Waals surface area (Å²) in [5.74, 6) is 0. The van der Waals surface area contributed by atoms with Crippen molar-refractivity contribution in [3.05, 3.63) is 30.3 Å². The maximum absolute atomic E-state index is 8.32. The summed E-state index contributed by atoms with van der Waals surface area (Å²) in [4.78, 5) is 2.21. The molecule has 0 unspecified atom stereocenters. The van der Waals surface area contributed by atoms with Crippen LogP contribution in [0, 0.1) is 10.2 Å². The normalized spacial score (nSPS) is 8.70. The first-order chi connectivity index (χ1) is 4.93. The van der Waals surface area contributed by atoms with Gasteiger partial charge in [0, 0.05) is 0 Å². The van der Waals surface area contributed by atoms with Crippen LogP contribution in [0.5, 0.6) is 0 Å². The molecule has 3 heteroatoms. The molecule has 0 fully saturated rings. The molecule has 1 nitrogen and oxygen atoms in total. The Morgan fingerprint density at radius 1 is 1.20 bits per heavy atom. The maximum atomic E-state index is 8.32. The van der Waals surface area contributed by atoms with Crippen LogP contribution in [0.25, 0.3) is 0 Å². The molecule has 10 heavy (non-hydrogen) atoms. The van der Waals surface area contributed by atoms with Gasteiger partial charge in [-0.05, 0) is 0 Å². The van der Waals surface area contributed by atoms with E-state index in [2.05, 4.69) is 17.1 Å². The van der Waals surface area contributed by atoms with Gasteiger partial charge in [-0.25, -0.2) is 0 Å². The van der Waals surface area contributed by atoms with E-state index in [1.165, 1.54) is 4.46 Å². The summed E-state index contributed by atoms with van der Waals surface area (Å²) < 4.78 is 1.33. The van der Waals surface area contributed by atoms with Crippen LogP contribution in [0.15, 0.2) is 30.3 Å². The Bertz CT molecular complexity index is 227. The van der Waals surface area contributed by atoms with Gasteiger partial charge < -0.3 is 0 Å². The van der Waals surface area contributed by atoms with Crippen LogP contribution in [-0.2, 0) is 0 Å². The van der Waals surface area contributed by atoms with E-state index in [-0.39, 0.29) is 13.1 Å². The molecule has 0 aliphatic rings. The van der Waals surface area contributed by atoms with Crippen molar-refractivity contribution in [3.63, 3.8) is 0 Å². The number of hydrogen-bond acceptors (Lipinski definition) is 1. The molecule has 0 aromatic heterocycles. The average molecular weight is 261 g/mol. The van der Waals surface area contributed by atoms with E-state index in [0.717, 1.165) is 0 Å². The van der Waals surface area contributed by atoms with E-state index in [1.807, 2.05) is 18.2 Å². The minimum atomic E-state index is 0.189. The van der Waals surface area contributed by atoms with Crippen molar-refractivity contribution < 1.29 is 0 Å². The van der Waals surface area contributed by atoms with Gasteiger partial charge in [0.05, 0.1) is 0 Å². The Hall–Kier alpha value is -0.251. The third-order valence-corrected chi connectivity index (χ3v) is 6.04. The fourth-order valence-corrected chi connectivity index (χ4v) is 4.05. The van der Waals surface area contributed by atoms with E-state index < -0.39 is 0 Å². The Morgan fingerprint density at radius 3 is 2.50 bits per heavy atom. The van der Waals surface area contributed by atoms with E-state index in [4.69, 9.17) is 5.26 Å². The van der Waals surface area contributed by atoms with Crippen LogP contribution in [0.2, 0.25) is 0 Å². The van der Waals surface area contributed by atoms with Crippen molar-refractivity contribution in [1.29, 1.82) is 5.26 Å². The summed E-state index contributed by atoms with van der Waals surface area (Å²) in [6.07, 6.45) is 0. The van der Waals surface area contributed by atoms with Crippen molar-refractivity contribution in [3.8, 4) is 4.97 Å². The standard InChI is InChI=1S/C7H5NSe2/c8-6-9-10-7-4-2-1-3-5-7/h1-5H. The SMILES string of the molecule is N#C[Se][Se]c1ccccc1. The number of nitrogens with zero attached hydrogens (tertiary/aromatic N) is 1. The summed E-state index contributed by atoms with van der Waals surface area (Å²) in [6, 6.07) is 10.2. The summed E-state index contributed by atoms with van der Waals surface area (Å²) in [7, 11) is 0. The van der Waals surface area contributed by atoms with E-state index in [9.17, 15) is 0 Å². The van der Waals surface area contributed by atoms with Crippen molar-refractivity contribution in [2.45, 2.75) is 0 Å². The molecule has 0 spiro atoms. The second kappa shape index (κ2) is 4.55. The fourth-order valence-electron chi connectivity index (χ4n) is 0.543. The molecule has 1 aromatic rings. The van der Waals surface area contributed by atoms with Crippen LogP contribution in [0.4, 0.5) is 0 Å². The summed E-state index contributed by atoms with van der Waals surface area (Å²) in [6.45, 7) is 0. The minimum absolute atomic E-state index is 0.189. The first-order valence-corrected chi connectivity index (χ1v) is 8.76. The molecule has 0 N–H and O–H groups in total. The number of hydrogen-bond donors (Lipinski definition) is 0. The predicted octanol–water partition coefficient (Wildman–Crippen LogP) is 0.116. The zero-order chi connectivity index (χ0) is 7.23. The molecule has 0 amide bonds. The monoisotopic (exact) mass is 263 g/mol. The van der Waals surface area contributed by atoms with E-state index in [0.29, 0.717) is 13.1 Å². The van der Waals surface area contributed by atoms with Crippen LogP contribution >= 0.6 is 0 Å². The summed E-state index contributed by atoms with van der Waals surface area (Å²) in [5.41, 5.74) is 0. The zero-order valence-electron chi connectivity index (χ0n) is 5.15. The number of nitriles is 1. The predicted molar refractivity (Wildman–Crippen MR) is 43.2 cm³/mol. The topological polar surface area (TPSA) is 23.8 Å². The van der Waals surface area contributed by atoms with Crippen molar-refractivity contribution in [2.75, 3.05) is 0 Å². The summed E-state index contributed by atoms with van der Waals surface area (Å²) in [5, 5.41) is 8.32. The van der Waals surface area contributed by atoms with Crippen molar-refractivity contribution in [1.82, 2.24) is 0 Å². The molecule has 50 valence electrons. The van der Waals surface area contributed by atoms with Gasteiger partial charge in [0.2, 0.25) is 0 Å². The quantitative estimate of drug-likeness (QED) is 0.693. The molecule has 0 heterocycles. The average Bonchev–Trinajstić information content (AvgIpc) is 2.03. The molecule has 0 aliphatic heterocycles. The first-order valence-electron chi connectivity index (χ1n) is 2.71. The molecular formula is C7H5NSe2. The second-order valence-corrected chi connectivity index (χ2v) is 7.28. The molecular weight excluding hydrogens is 256 g/mol. The fraction of sp³-hybridized carbons (Fsp3) is 0. The Morgan fingerprint density at radius 2 is 1.90 bits per heavy atom. The molecule has 0 radical (unpaired) electrons. The van der Waals surface area contributed by atoms with Crippen molar-refractivity contribution in [2.24, 2.45) is 0 Å². The van der Waals surface area contributed by atoms with Gasteiger partial charge in [0.15, 0.2) is 0 Å². The first kappa shape index (κ1) is 7.85. The molecule has 0 bridgehead atoms. The Kier molecular flexibility index (Phi) is 3.57. The second-order valence-electron chi connectivity index (χ2n) is 1.57. The number of benzene rings is 1. The van der Waals surface area contributed by atoms with Crippen LogP contribution < -0.4 is 4.46 Å². The van der Waals surface area contributed by atoms with Gasteiger partial charge in [0.25, 0.3) is 0 Å². The Labute approximate surface area is 71.3 Å². The molecule has 0 saturated heterocycles.